The molecule has 0 bridgehead atoms. The van der Waals surface area contributed by atoms with Gasteiger partial charge in [0.2, 0.25) is 0 Å². The van der Waals surface area contributed by atoms with E-state index in [1.54, 1.807) is 6.07 Å². The maximum absolute atomic E-state index is 12.6. The van der Waals surface area contributed by atoms with Crippen LogP contribution in [0, 0.1) is 0 Å². The molecule has 0 spiro atoms. The second-order valence-electron chi connectivity index (χ2n) is 5.55. The lowest BCUT2D eigenvalue weighted by Gasteiger charge is -2.23. The molecule has 1 rings (SSSR count). The van der Waals surface area contributed by atoms with Gasteiger partial charge in [-0.3, -0.25) is 0 Å². The Hall–Kier alpha value is -1.76. The molecule has 1 atom stereocenters. The Kier molecular flexibility index (Phi) is 7.35. The van der Waals surface area contributed by atoms with Crippen molar-refractivity contribution in [2.24, 2.45) is 0 Å². The molecule has 0 saturated carbocycles. The molecule has 0 aliphatic heterocycles. The van der Waals surface area contributed by atoms with Crippen LogP contribution in [0.25, 0.3) is 0 Å². The topological polar surface area (TPSA) is 44.4 Å². The van der Waals surface area contributed by atoms with E-state index in [2.05, 4.69) is 29.4 Å². The fourth-order valence-corrected chi connectivity index (χ4v) is 1.98. The Morgan fingerprint density at radius 2 is 2.00 bits per heavy atom. The van der Waals surface area contributed by atoms with Crippen molar-refractivity contribution in [3.8, 4) is 0 Å². The van der Waals surface area contributed by atoms with Crippen LogP contribution in [0.2, 0.25) is 0 Å². The molecule has 0 aliphatic carbocycles. The summed E-state index contributed by atoms with van der Waals surface area (Å²) in [5.74, 6) is 0. The lowest BCUT2D eigenvalue weighted by molar-refractivity contribution is -0.137. The van der Waals surface area contributed by atoms with Gasteiger partial charge < -0.3 is 15.5 Å². The number of nitrogens with one attached hydrogen (secondary N) is 2. The number of carbonyl (C=O) groups excluding carboxylic acids is 1. The number of halogens is 3. The van der Waals surface area contributed by atoms with Crippen LogP contribution in [-0.4, -0.2) is 37.1 Å². The van der Waals surface area contributed by atoms with E-state index in [1.165, 1.54) is 6.07 Å². The first-order valence-corrected chi connectivity index (χ1v) is 7.62. The van der Waals surface area contributed by atoms with Crippen molar-refractivity contribution in [2.45, 2.75) is 39.0 Å². The van der Waals surface area contributed by atoms with Crippen LogP contribution >= 0.6 is 0 Å². The van der Waals surface area contributed by atoms with Crippen molar-refractivity contribution in [3.63, 3.8) is 0 Å². The number of hydrogen-bond donors (Lipinski definition) is 2. The number of amides is 2. The number of rotatable bonds is 7. The summed E-state index contributed by atoms with van der Waals surface area (Å²) in [5, 5.41) is 5.25. The lowest BCUT2D eigenvalue weighted by Crippen LogP contribution is -2.41. The van der Waals surface area contributed by atoms with Gasteiger partial charge in [0.1, 0.15) is 0 Å². The Morgan fingerprint density at radius 1 is 1.30 bits per heavy atom. The summed E-state index contributed by atoms with van der Waals surface area (Å²) in [6.45, 7) is 5.45. The van der Waals surface area contributed by atoms with Gasteiger partial charge in [-0.15, -0.1) is 0 Å². The largest absolute Gasteiger partial charge is 0.416 e. The molecule has 0 aromatic heterocycles. The Balaban J connectivity index is 2.37. The van der Waals surface area contributed by atoms with Crippen molar-refractivity contribution in [1.29, 1.82) is 0 Å². The molecule has 4 nitrogen and oxygen atoms in total. The average molecular weight is 331 g/mol. The van der Waals surface area contributed by atoms with Gasteiger partial charge in [-0.2, -0.15) is 13.2 Å². The first-order chi connectivity index (χ1) is 10.7. The maximum Gasteiger partial charge on any atom is 0.416 e. The molecule has 23 heavy (non-hydrogen) atoms. The molecule has 7 heteroatoms. The monoisotopic (exact) mass is 331 g/mol. The molecule has 1 aromatic rings. The van der Waals surface area contributed by atoms with Crippen molar-refractivity contribution in [1.82, 2.24) is 15.5 Å². The molecule has 0 fully saturated rings. The molecule has 2 N–H and O–H groups in total. The summed E-state index contributed by atoms with van der Waals surface area (Å²) in [6, 6.07) is 4.97. The highest BCUT2D eigenvalue weighted by atomic mass is 19.4. The van der Waals surface area contributed by atoms with Gasteiger partial charge in [-0.25, -0.2) is 4.79 Å². The Morgan fingerprint density at radius 3 is 2.61 bits per heavy atom. The number of urea groups is 1. The fraction of sp³-hybridized carbons (Fsp3) is 0.562. The van der Waals surface area contributed by atoms with E-state index >= 15 is 0 Å². The number of hydrogen-bond acceptors (Lipinski definition) is 2. The molecule has 2 amide bonds. The summed E-state index contributed by atoms with van der Waals surface area (Å²) >= 11 is 0. The summed E-state index contributed by atoms with van der Waals surface area (Å²) in [4.78, 5) is 13.8. The van der Waals surface area contributed by atoms with Crippen molar-refractivity contribution in [2.75, 3.05) is 20.1 Å². The maximum atomic E-state index is 12.6. The van der Waals surface area contributed by atoms with Crippen LogP contribution < -0.4 is 10.6 Å². The molecule has 1 unspecified atom stereocenters. The third-order valence-corrected chi connectivity index (χ3v) is 3.80. The van der Waals surface area contributed by atoms with Crippen LogP contribution in [0.1, 0.15) is 31.4 Å². The lowest BCUT2D eigenvalue weighted by atomic mass is 10.1. The zero-order chi connectivity index (χ0) is 17.5. The summed E-state index contributed by atoms with van der Waals surface area (Å²) in [5.41, 5.74) is -0.306. The van der Waals surface area contributed by atoms with E-state index in [-0.39, 0.29) is 12.6 Å². The minimum Gasteiger partial charge on any atom is -0.337 e. The molecule has 0 saturated heterocycles. The molecule has 130 valence electrons. The van der Waals surface area contributed by atoms with E-state index in [0.717, 1.165) is 18.6 Å². The molecule has 1 aromatic carbocycles. The van der Waals surface area contributed by atoms with Crippen molar-refractivity contribution in [3.05, 3.63) is 35.4 Å². The normalized spacial score (nSPS) is 13.0. The molecule has 0 radical (unpaired) electrons. The van der Waals surface area contributed by atoms with E-state index < -0.39 is 11.7 Å². The van der Waals surface area contributed by atoms with Crippen LogP contribution in [0.5, 0.6) is 0 Å². The molecular formula is C16H24F3N3O. The van der Waals surface area contributed by atoms with Gasteiger partial charge in [-0.05, 0) is 38.1 Å². The predicted octanol–water partition coefficient (Wildman–Crippen LogP) is 3.23. The number of nitrogens with zero attached hydrogens (tertiary/aromatic N) is 1. The highest BCUT2D eigenvalue weighted by Gasteiger charge is 2.30. The predicted molar refractivity (Wildman–Crippen MR) is 84.1 cm³/mol. The van der Waals surface area contributed by atoms with E-state index in [1.807, 2.05) is 7.05 Å². The van der Waals surface area contributed by atoms with E-state index in [4.69, 9.17) is 0 Å². The quantitative estimate of drug-likeness (QED) is 0.806. The van der Waals surface area contributed by atoms with Crippen LogP contribution in [-0.2, 0) is 12.7 Å². The van der Waals surface area contributed by atoms with Crippen molar-refractivity contribution >= 4 is 6.03 Å². The SMILES string of the molecule is CCC(C)N(C)CCNC(=O)NCc1cccc(C(F)(F)F)c1. The Bertz CT molecular complexity index is 506. The van der Waals surface area contributed by atoms with E-state index in [0.29, 0.717) is 24.7 Å². The van der Waals surface area contributed by atoms with Crippen molar-refractivity contribution < 1.29 is 18.0 Å². The third kappa shape index (κ3) is 6.90. The molecular weight excluding hydrogens is 307 g/mol. The highest BCUT2D eigenvalue weighted by molar-refractivity contribution is 5.73. The van der Waals surface area contributed by atoms with E-state index in [9.17, 15) is 18.0 Å². The van der Waals surface area contributed by atoms with Crippen LogP contribution in [0.15, 0.2) is 24.3 Å². The minimum absolute atomic E-state index is 0.0525. The second kappa shape index (κ2) is 8.76. The zero-order valence-electron chi connectivity index (χ0n) is 13.7. The van der Waals surface area contributed by atoms with Gasteiger partial charge in [0.05, 0.1) is 5.56 Å². The van der Waals surface area contributed by atoms with Crippen LogP contribution in [0.4, 0.5) is 18.0 Å². The average Bonchev–Trinajstić information content (AvgIpc) is 2.51. The minimum atomic E-state index is -4.38. The first-order valence-electron chi connectivity index (χ1n) is 7.62. The molecule has 0 aliphatic rings. The second-order valence-corrected chi connectivity index (χ2v) is 5.55. The summed E-state index contributed by atoms with van der Waals surface area (Å²) < 4.78 is 37.8. The zero-order valence-corrected chi connectivity index (χ0v) is 13.7. The van der Waals surface area contributed by atoms with Gasteiger partial charge in [0.25, 0.3) is 0 Å². The third-order valence-electron chi connectivity index (χ3n) is 3.80. The standard InChI is InChI=1S/C16H24F3N3O/c1-4-12(2)22(3)9-8-20-15(23)21-11-13-6-5-7-14(10-13)16(17,18)19/h5-7,10,12H,4,8-9,11H2,1-3H3,(H2,20,21,23). The number of benzene rings is 1. The number of alkyl halides is 3. The first kappa shape index (κ1) is 19.3. The number of carbonyl (C=O) groups is 1. The highest BCUT2D eigenvalue weighted by Crippen LogP contribution is 2.29. The smallest absolute Gasteiger partial charge is 0.337 e. The Labute approximate surface area is 135 Å². The van der Waals surface area contributed by atoms with Gasteiger partial charge in [0, 0.05) is 25.7 Å². The van der Waals surface area contributed by atoms with Gasteiger partial charge in [-0.1, -0.05) is 19.1 Å². The fourth-order valence-electron chi connectivity index (χ4n) is 1.98. The summed E-state index contributed by atoms with van der Waals surface area (Å²) in [7, 11) is 1.98. The number of likely N-dealkylation sites (N-methyl/N-ethyl adjacent to an activating group) is 1. The van der Waals surface area contributed by atoms with Gasteiger partial charge in [0.15, 0.2) is 0 Å². The van der Waals surface area contributed by atoms with Gasteiger partial charge >= 0.3 is 12.2 Å². The summed E-state index contributed by atoms with van der Waals surface area (Å²) in [6.07, 6.45) is -3.35. The van der Waals surface area contributed by atoms with Crippen LogP contribution in [0.3, 0.4) is 0 Å². The molecule has 0 heterocycles.